The van der Waals surface area contributed by atoms with E-state index in [1.807, 2.05) is 48.5 Å². The van der Waals surface area contributed by atoms with E-state index in [0.29, 0.717) is 21.0 Å². The van der Waals surface area contributed by atoms with Crippen molar-refractivity contribution in [2.24, 2.45) is 0 Å². The van der Waals surface area contributed by atoms with E-state index in [9.17, 15) is 14.9 Å². The van der Waals surface area contributed by atoms with Gasteiger partial charge in [0, 0.05) is 0 Å². The van der Waals surface area contributed by atoms with Crippen LogP contribution in [0.1, 0.15) is 26.4 Å². The number of ether oxygens (including phenoxy) is 1. The van der Waals surface area contributed by atoms with Gasteiger partial charge in [0.05, 0.1) is 19.1 Å². The lowest BCUT2D eigenvalue weighted by Gasteiger charge is -2.07. The number of fused-ring (bicyclic) bond motifs is 1. The van der Waals surface area contributed by atoms with E-state index in [4.69, 9.17) is 4.74 Å². The first kappa shape index (κ1) is 17.6. The summed E-state index contributed by atoms with van der Waals surface area (Å²) in [4.78, 5) is 24.7. The lowest BCUT2D eigenvalue weighted by atomic mass is 10.0. The predicted octanol–water partition coefficient (Wildman–Crippen LogP) is 4.05. The highest BCUT2D eigenvalue weighted by molar-refractivity contribution is 7.18. The molecule has 1 amide bonds. The van der Waals surface area contributed by atoms with Gasteiger partial charge in [0.25, 0.3) is 0 Å². The van der Waals surface area contributed by atoms with Crippen LogP contribution in [0.15, 0.2) is 42.5 Å². The van der Waals surface area contributed by atoms with Crippen LogP contribution in [-0.2, 0) is 16.0 Å². The first-order valence-corrected chi connectivity index (χ1v) is 8.75. The number of carbonyl (C=O) groups excluding carboxylic acids is 2. The van der Waals surface area contributed by atoms with Crippen molar-refractivity contribution in [3.05, 3.63) is 64.0 Å². The van der Waals surface area contributed by atoms with Crippen LogP contribution >= 0.6 is 11.3 Å². The Morgan fingerprint density at radius 2 is 1.92 bits per heavy atom. The Balaban J connectivity index is 1.87. The van der Waals surface area contributed by atoms with Crippen molar-refractivity contribution >= 4 is 39.0 Å². The van der Waals surface area contributed by atoms with Crippen molar-refractivity contribution in [1.29, 1.82) is 5.26 Å². The van der Waals surface area contributed by atoms with Crippen molar-refractivity contribution < 1.29 is 14.3 Å². The number of esters is 1. The molecule has 1 aromatic heterocycles. The van der Waals surface area contributed by atoms with E-state index in [0.717, 1.165) is 27.7 Å². The van der Waals surface area contributed by atoms with Gasteiger partial charge in [-0.1, -0.05) is 42.5 Å². The molecule has 2 aromatic carbocycles. The molecule has 0 saturated carbocycles. The van der Waals surface area contributed by atoms with Crippen LogP contribution < -0.4 is 5.32 Å². The highest BCUT2D eigenvalue weighted by Gasteiger charge is 2.22. The van der Waals surface area contributed by atoms with Crippen LogP contribution in [0.3, 0.4) is 0 Å². The van der Waals surface area contributed by atoms with Crippen molar-refractivity contribution in [2.45, 2.75) is 13.3 Å². The molecule has 0 aliphatic carbocycles. The topological polar surface area (TPSA) is 79.2 Å². The van der Waals surface area contributed by atoms with Gasteiger partial charge in [0.1, 0.15) is 15.9 Å². The molecule has 130 valence electrons. The van der Waals surface area contributed by atoms with Crippen molar-refractivity contribution in [2.75, 3.05) is 12.4 Å². The highest BCUT2D eigenvalue weighted by Crippen LogP contribution is 2.33. The first-order chi connectivity index (χ1) is 12.5. The number of rotatable bonds is 4. The number of thiophene rings is 1. The van der Waals surface area contributed by atoms with Gasteiger partial charge in [0.15, 0.2) is 0 Å². The summed E-state index contributed by atoms with van der Waals surface area (Å²) in [5.41, 5.74) is 1.71. The smallest absolute Gasteiger partial charge is 0.348 e. The summed E-state index contributed by atoms with van der Waals surface area (Å²) in [7, 11) is 1.28. The maximum atomic E-state index is 12.5. The molecule has 0 aliphatic heterocycles. The third-order valence-electron chi connectivity index (χ3n) is 4.11. The Morgan fingerprint density at radius 1 is 1.19 bits per heavy atom. The maximum absolute atomic E-state index is 12.5. The average molecular weight is 364 g/mol. The molecule has 1 heterocycles. The number of carbonyl (C=O) groups is 2. The lowest BCUT2D eigenvalue weighted by molar-refractivity contribution is -0.115. The minimum absolute atomic E-state index is 0.177. The van der Waals surface area contributed by atoms with Gasteiger partial charge in [-0.05, 0) is 28.8 Å². The molecule has 3 aromatic rings. The molecular formula is C20H16N2O3S. The molecule has 0 spiro atoms. The van der Waals surface area contributed by atoms with Crippen molar-refractivity contribution in [1.82, 2.24) is 0 Å². The zero-order valence-corrected chi connectivity index (χ0v) is 15.1. The minimum atomic E-state index is -0.515. The van der Waals surface area contributed by atoms with Gasteiger partial charge in [-0.15, -0.1) is 11.3 Å². The number of hydrogen-bond acceptors (Lipinski definition) is 5. The molecule has 0 bridgehead atoms. The highest BCUT2D eigenvalue weighted by atomic mass is 32.1. The molecule has 5 nitrogen and oxygen atoms in total. The summed E-state index contributed by atoms with van der Waals surface area (Å²) in [6.07, 6.45) is 0.177. The van der Waals surface area contributed by atoms with Gasteiger partial charge in [-0.2, -0.15) is 5.26 Å². The van der Waals surface area contributed by atoms with E-state index in [1.165, 1.54) is 7.11 Å². The molecule has 0 aliphatic rings. The van der Waals surface area contributed by atoms with Crippen LogP contribution in [0.2, 0.25) is 0 Å². The summed E-state index contributed by atoms with van der Waals surface area (Å²) in [6.45, 7) is 1.67. The molecule has 0 atom stereocenters. The van der Waals surface area contributed by atoms with Crippen LogP contribution in [-0.4, -0.2) is 19.0 Å². The van der Waals surface area contributed by atoms with Gasteiger partial charge in [0.2, 0.25) is 5.91 Å². The quantitative estimate of drug-likeness (QED) is 0.708. The molecule has 6 heteroatoms. The van der Waals surface area contributed by atoms with E-state index in [-0.39, 0.29) is 12.3 Å². The van der Waals surface area contributed by atoms with E-state index in [2.05, 4.69) is 5.32 Å². The predicted molar refractivity (Wildman–Crippen MR) is 101 cm³/mol. The van der Waals surface area contributed by atoms with Crippen LogP contribution in [0.4, 0.5) is 5.00 Å². The minimum Gasteiger partial charge on any atom is -0.465 e. The second-order valence-electron chi connectivity index (χ2n) is 5.73. The van der Waals surface area contributed by atoms with Crippen LogP contribution in [0, 0.1) is 18.3 Å². The number of nitrogens with one attached hydrogen (secondary N) is 1. The SMILES string of the molecule is COC(=O)c1sc(NC(=O)Cc2cccc3ccccc23)c(C#N)c1C. The van der Waals surface area contributed by atoms with Gasteiger partial charge in [-0.25, -0.2) is 4.79 Å². The van der Waals surface area contributed by atoms with Crippen LogP contribution in [0.5, 0.6) is 0 Å². The molecule has 0 radical (unpaired) electrons. The monoisotopic (exact) mass is 364 g/mol. The Bertz CT molecular complexity index is 1040. The number of nitrogens with zero attached hydrogens (tertiary/aromatic N) is 1. The third kappa shape index (κ3) is 3.30. The van der Waals surface area contributed by atoms with Crippen molar-refractivity contribution in [3.8, 4) is 6.07 Å². The molecular weight excluding hydrogens is 348 g/mol. The molecule has 26 heavy (non-hydrogen) atoms. The van der Waals surface area contributed by atoms with E-state index < -0.39 is 5.97 Å². The number of hydrogen-bond donors (Lipinski definition) is 1. The standard InChI is InChI=1S/C20H16N2O3S/c1-12-16(11-21)19(26-18(12)20(24)25-2)22-17(23)10-14-8-5-7-13-6-3-4-9-15(13)14/h3-9H,10H2,1-2H3,(H,22,23). The molecule has 1 N–H and O–H groups in total. The normalized spacial score (nSPS) is 10.3. The fraction of sp³-hybridized carbons (Fsp3) is 0.150. The number of anilines is 1. The zero-order valence-electron chi connectivity index (χ0n) is 14.3. The summed E-state index contributed by atoms with van der Waals surface area (Å²) in [6, 6.07) is 15.7. The molecule has 0 saturated heterocycles. The Morgan fingerprint density at radius 3 is 2.65 bits per heavy atom. The zero-order chi connectivity index (χ0) is 18.7. The van der Waals surface area contributed by atoms with E-state index >= 15 is 0 Å². The molecule has 0 fully saturated rings. The Kier molecular flexibility index (Phi) is 5.01. The Labute approximate surface area is 154 Å². The summed E-state index contributed by atoms with van der Waals surface area (Å²) >= 11 is 1.06. The molecule has 3 rings (SSSR count). The number of nitriles is 1. The third-order valence-corrected chi connectivity index (χ3v) is 5.30. The van der Waals surface area contributed by atoms with E-state index in [1.54, 1.807) is 6.92 Å². The second-order valence-corrected chi connectivity index (χ2v) is 6.75. The number of amides is 1. The fourth-order valence-electron chi connectivity index (χ4n) is 2.81. The first-order valence-electron chi connectivity index (χ1n) is 7.93. The van der Waals surface area contributed by atoms with Gasteiger partial charge in [-0.3, -0.25) is 4.79 Å². The lowest BCUT2D eigenvalue weighted by Crippen LogP contribution is -2.14. The van der Waals surface area contributed by atoms with Gasteiger partial charge >= 0.3 is 5.97 Å². The summed E-state index contributed by atoms with van der Waals surface area (Å²) in [5, 5.41) is 14.6. The van der Waals surface area contributed by atoms with Crippen molar-refractivity contribution in [3.63, 3.8) is 0 Å². The van der Waals surface area contributed by atoms with Crippen LogP contribution in [0.25, 0.3) is 10.8 Å². The second kappa shape index (κ2) is 7.38. The number of benzene rings is 2. The summed E-state index contributed by atoms with van der Waals surface area (Å²) < 4.78 is 4.73. The molecule has 0 unspecified atom stereocenters. The van der Waals surface area contributed by atoms with Gasteiger partial charge < -0.3 is 10.1 Å². The fourth-order valence-corrected chi connectivity index (χ4v) is 3.91. The Hall–Kier alpha value is -3.17. The summed E-state index contributed by atoms with van der Waals surface area (Å²) in [5.74, 6) is -0.755. The average Bonchev–Trinajstić information content (AvgIpc) is 2.96. The maximum Gasteiger partial charge on any atom is 0.348 e. The number of methoxy groups -OCH3 is 1. The largest absolute Gasteiger partial charge is 0.465 e.